The van der Waals surface area contributed by atoms with Crippen LogP contribution in [0, 0.1) is 0 Å². The van der Waals surface area contributed by atoms with Crippen LogP contribution in [-0.2, 0) is 0 Å². The summed E-state index contributed by atoms with van der Waals surface area (Å²) >= 11 is 0. The molecule has 0 aliphatic carbocycles. The third-order valence-corrected chi connectivity index (χ3v) is 2.89. The van der Waals surface area contributed by atoms with Crippen LogP contribution in [0.2, 0.25) is 0 Å². The second-order valence-electron chi connectivity index (χ2n) is 4.14. The van der Waals surface area contributed by atoms with Crippen molar-refractivity contribution in [2.45, 2.75) is 18.9 Å². The molecule has 2 rings (SSSR count). The normalized spacial score (nSPS) is 19.9. The highest BCUT2D eigenvalue weighted by molar-refractivity contribution is 5.60. The maximum atomic E-state index is 11.3. The van der Waals surface area contributed by atoms with E-state index < -0.39 is 0 Å². The maximum Gasteiger partial charge on any atom is 0.276 e. The number of hydrogen-bond acceptors (Lipinski definition) is 5. The molecule has 0 radical (unpaired) electrons. The van der Waals surface area contributed by atoms with Gasteiger partial charge in [0.1, 0.15) is 5.69 Å². The van der Waals surface area contributed by atoms with E-state index in [4.69, 9.17) is 5.73 Å². The van der Waals surface area contributed by atoms with Gasteiger partial charge in [0.2, 0.25) is 0 Å². The van der Waals surface area contributed by atoms with Crippen molar-refractivity contribution >= 4 is 11.5 Å². The van der Waals surface area contributed by atoms with Crippen LogP contribution in [0.25, 0.3) is 0 Å². The van der Waals surface area contributed by atoms with Gasteiger partial charge in [0.15, 0.2) is 5.82 Å². The lowest BCUT2D eigenvalue weighted by atomic mass is 10.2. The molecule has 1 saturated heterocycles. The number of hydrogen-bond donors (Lipinski definition) is 3. The predicted molar refractivity (Wildman–Crippen MR) is 63.6 cm³/mol. The number of nitrogens with two attached hydrogens (primary N) is 1. The number of nitrogens with zero attached hydrogens (tertiary/aromatic N) is 2. The van der Waals surface area contributed by atoms with E-state index in [1.165, 1.54) is 12.7 Å². The molecule has 6 nitrogen and oxygen atoms in total. The number of aromatic nitrogens is 2. The molecule has 0 spiro atoms. The smallest absolute Gasteiger partial charge is 0.276 e. The molecule has 1 atom stereocenters. The summed E-state index contributed by atoms with van der Waals surface area (Å²) in [5, 5.41) is 3.40. The first kappa shape index (κ1) is 10.9. The second-order valence-corrected chi connectivity index (χ2v) is 4.14. The van der Waals surface area contributed by atoms with E-state index in [-0.39, 0.29) is 11.2 Å². The average Bonchev–Trinajstić information content (AvgIpc) is 2.74. The number of rotatable bonds is 3. The molecule has 0 bridgehead atoms. The van der Waals surface area contributed by atoms with Gasteiger partial charge in [-0.25, -0.2) is 4.98 Å². The molecule has 1 unspecified atom stereocenters. The van der Waals surface area contributed by atoms with E-state index in [1.54, 1.807) is 0 Å². The molecule has 88 valence electrons. The lowest BCUT2D eigenvalue weighted by molar-refractivity contribution is 0.597. The Hall–Kier alpha value is -1.56. The van der Waals surface area contributed by atoms with E-state index in [9.17, 15) is 4.79 Å². The minimum absolute atomic E-state index is 0.183. The van der Waals surface area contributed by atoms with Crippen LogP contribution in [0.4, 0.5) is 11.5 Å². The van der Waals surface area contributed by atoms with Crippen LogP contribution in [0.1, 0.15) is 12.8 Å². The van der Waals surface area contributed by atoms with Crippen molar-refractivity contribution in [3.63, 3.8) is 0 Å². The molecule has 1 aromatic heterocycles. The third-order valence-electron chi connectivity index (χ3n) is 2.89. The summed E-state index contributed by atoms with van der Waals surface area (Å²) in [6.45, 7) is 1.89. The van der Waals surface area contributed by atoms with E-state index in [0.29, 0.717) is 11.9 Å². The van der Waals surface area contributed by atoms with Crippen LogP contribution >= 0.6 is 0 Å². The standard InChI is InChI=1S/C10H17N5O/c1-15(5-7-3-2-4-12-7)9-8(11)10(16)14-6-13-9/h6-7,12H,2-5,11H2,1H3,(H,13,14,16). The van der Waals surface area contributed by atoms with Crippen molar-refractivity contribution in [1.82, 2.24) is 15.3 Å². The lowest BCUT2D eigenvalue weighted by Gasteiger charge is -2.22. The lowest BCUT2D eigenvalue weighted by Crippen LogP contribution is -2.36. The van der Waals surface area contributed by atoms with Gasteiger partial charge in [-0.2, -0.15) is 0 Å². The Morgan fingerprint density at radius 3 is 3.19 bits per heavy atom. The van der Waals surface area contributed by atoms with Crippen molar-refractivity contribution in [3.05, 3.63) is 16.7 Å². The zero-order valence-electron chi connectivity index (χ0n) is 9.36. The van der Waals surface area contributed by atoms with E-state index in [2.05, 4.69) is 15.3 Å². The minimum atomic E-state index is -0.281. The molecule has 16 heavy (non-hydrogen) atoms. The zero-order chi connectivity index (χ0) is 11.5. The van der Waals surface area contributed by atoms with Gasteiger partial charge in [0, 0.05) is 19.6 Å². The molecular formula is C10H17N5O. The summed E-state index contributed by atoms with van der Waals surface area (Å²) in [6, 6.07) is 0.463. The molecule has 2 heterocycles. The van der Waals surface area contributed by atoms with Crippen LogP contribution in [-0.4, -0.2) is 36.1 Å². The Kier molecular flexibility index (Phi) is 3.09. The number of nitrogens with one attached hydrogen (secondary N) is 2. The van der Waals surface area contributed by atoms with Gasteiger partial charge in [-0.05, 0) is 19.4 Å². The Labute approximate surface area is 93.9 Å². The van der Waals surface area contributed by atoms with Crippen molar-refractivity contribution in [1.29, 1.82) is 0 Å². The van der Waals surface area contributed by atoms with Gasteiger partial charge in [-0.3, -0.25) is 4.79 Å². The number of likely N-dealkylation sites (N-methyl/N-ethyl adjacent to an activating group) is 1. The molecule has 1 fully saturated rings. The number of anilines is 2. The van der Waals surface area contributed by atoms with E-state index in [0.717, 1.165) is 19.5 Å². The highest BCUT2D eigenvalue weighted by Gasteiger charge is 2.18. The molecular weight excluding hydrogens is 206 g/mol. The third kappa shape index (κ3) is 2.16. The molecule has 0 aromatic carbocycles. The Bertz CT molecular complexity index is 410. The first-order valence-electron chi connectivity index (χ1n) is 5.46. The largest absolute Gasteiger partial charge is 0.391 e. The van der Waals surface area contributed by atoms with Crippen LogP contribution in [0.5, 0.6) is 0 Å². The fourth-order valence-corrected chi connectivity index (χ4v) is 2.03. The minimum Gasteiger partial charge on any atom is -0.391 e. The zero-order valence-corrected chi connectivity index (χ0v) is 9.36. The quantitative estimate of drug-likeness (QED) is 0.645. The Morgan fingerprint density at radius 2 is 2.50 bits per heavy atom. The van der Waals surface area contributed by atoms with Crippen LogP contribution in [0.15, 0.2) is 11.1 Å². The maximum absolute atomic E-state index is 11.3. The summed E-state index contributed by atoms with van der Waals surface area (Å²) in [7, 11) is 1.90. The van der Waals surface area contributed by atoms with Gasteiger partial charge in [0.25, 0.3) is 5.56 Å². The van der Waals surface area contributed by atoms with Gasteiger partial charge >= 0.3 is 0 Å². The topological polar surface area (TPSA) is 87.0 Å². The summed E-state index contributed by atoms with van der Waals surface area (Å²) in [6.07, 6.45) is 3.75. The van der Waals surface area contributed by atoms with Crippen molar-refractivity contribution in [2.75, 3.05) is 30.8 Å². The summed E-state index contributed by atoms with van der Waals surface area (Å²) in [5.41, 5.74) is 5.59. The average molecular weight is 223 g/mol. The SMILES string of the molecule is CN(CC1CCCN1)c1nc[nH]c(=O)c1N. The summed E-state index contributed by atoms with van der Waals surface area (Å²) in [4.78, 5) is 19.8. The number of nitrogen functional groups attached to an aromatic ring is 1. The van der Waals surface area contributed by atoms with E-state index >= 15 is 0 Å². The van der Waals surface area contributed by atoms with Gasteiger partial charge < -0.3 is 20.9 Å². The first-order chi connectivity index (χ1) is 7.68. The molecule has 6 heteroatoms. The second kappa shape index (κ2) is 4.52. The molecule has 1 aliphatic heterocycles. The Balaban J connectivity index is 2.10. The van der Waals surface area contributed by atoms with Gasteiger partial charge in [-0.15, -0.1) is 0 Å². The molecule has 4 N–H and O–H groups in total. The highest BCUT2D eigenvalue weighted by Crippen LogP contribution is 2.15. The summed E-state index contributed by atoms with van der Waals surface area (Å²) in [5.74, 6) is 0.553. The molecule has 1 aromatic rings. The molecule has 0 amide bonds. The van der Waals surface area contributed by atoms with Crippen LogP contribution in [0.3, 0.4) is 0 Å². The van der Waals surface area contributed by atoms with E-state index in [1.807, 2.05) is 11.9 Å². The van der Waals surface area contributed by atoms with Crippen LogP contribution < -0.4 is 21.5 Å². The number of aromatic amines is 1. The number of H-pyrrole nitrogens is 1. The Morgan fingerprint density at radius 1 is 1.69 bits per heavy atom. The molecule has 1 aliphatic rings. The fraction of sp³-hybridized carbons (Fsp3) is 0.600. The first-order valence-corrected chi connectivity index (χ1v) is 5.46. The predicted octanol–water partition coefficient (Wildman–Crippen LogP) is -0.460. The van der Waals surface area contributed by atoms with Gasteiger partial charge in [0.05, 0.1) is 6.33 Å². The highest BCUT2D eigenvalue weighted by atomic mass is 16.1. The monoisotopic (exact) mass is 223 g/mol. The molecule has 0 saturated carbocycles. The van der Waals surface area contributed by atoms with Crippen molar-refractivity contribution < 1.29 is 0 Å². The van der Waals surface area contributed by atoms with Crippen molar-refractivity contribution in [2.24, 2.45) is 0 Å². The van der Waals surface area contributed by atoms with Gasteiger partial charge in [-0.1, -0.05) is 0 Å². The fourth-order valence-electron chi connectivity index (χ4n) is 2.03. The van der Waals surface area contributed by atoms with Crippen molar-refractivity contribution in [3.8, 4) is 0 Å². The summed E-state index contributed by atoms with van der Waals surface area (Å²) < 4.78 is 0.